The summed E-state index contributed by atoms with van der Waals surface area (Å²) in [7, 11) is 0. The minimum absolute atomic E-state index is 0.0361. The molecule has 3 heterocycles. The third-order valence-corrected chi connectivity index (χ3v) is 5.51. The molecular weight excluding hydrogens is 461 g/mol. The zero-order valence-electron chi connectivity index (χ0n) is 18.1. The molecule has 10 heteroatoms. The highest BCUT2D eigenvalue weighted by atomic mass is 19.4. The van der Waals surface area contributed by atoms with Gasteiger partial charge < -0.3 is 9.64 Å². The molecule has 35 heavy (non-hydrogen) atoms. The highest BCUT2D eigenvalue weighted by Gasteiger charge is 2.32. The van der Waals surface area contributed by atoms with E-state index < -0.39 is 17.9 Å². The Morgan fingerprint density at radius 1 is 1.00 bits per heavy atom. The molecule has 2 aromatic heterocycles. The monoisotopic (exact) mass is 478 g/mol. The van der Waals surface area contributed by atoms with Gasteiger partial charge in [-0.2, -0.15) is 0 Å². The van der Waals surface area contributed by atoms with Crippen molar-refractivity contribution in [3.8, 4) is 17.0 Å². The minimum Gasteiger partial charge on any atom is -0.406 e. The molecule has 0 saturated heterocycles. The number of hydrogen-bond acceptors (Lipinski definition) is 6. The van der Waals surface area contributed by atoms with Crippen molar-refractivity contribution in [2.24, 2.45) is 0 Å². The molecule has 0 aliphatic carbocycles. The molecule has 0 fully saturated rings. The van der Waals surface area contributed by atoms with E-state index in [-0.39, 0.29) is 30.2 Å². The molecule has 4 aromatic rings. The van der Waals surface area contributed by atoms with E-state index in [1.165, 1.54) is 22.8 Å². The number of anilines is 2. The predicted molar refractivity (Wildman–Crippen MR) is 122 cm³/mol. The second kappa shape index (κ2) is 8.71. The van der Waals surface area contributed by atoms with E-state index in [1.54, 1.807) is 41.6 Å². The smallest absolute Gasteiger partial charge is 0.406 e. The quantitative estimate of drug-likeness (QED) is 0.391. The van der Waals surface area contributed by atoms with Crippen molar-refractivity contribution in [1.29, 1.82) is 0 Å². The number of ketones is 1. The fourth-order valence-corrected chi connectivity index (χ4v) is 3.96. The van der Waals surface area contributed by atoms with Gasteiger partial charge in [0.05, 0.1) is 18.8 Å². The van der Waals surface area contributed by atoms with Gasteiger partial charge in [0.25, 0.3) is 5.56 Å². The maximum Gasteiger partial charge on any atom is 0.573 e. The summed E-state index contributed by atoms with van der Waals surface area (Å²) in [5, 5.41) is 0. The van der Waals surface area contributed by atoms with Crippen molar-refractivity contribution in [2.75, 3.05) is 11.4 Å². The average molecular weight is 478 g/mol. The van der Waals surface area contributed by atoms with Crippen molar-refractivity contribution in [3.05, 3.63) is 101 Å². The van der Waals surface area contributed by atoms with Crippen LogP contribution in [0.3, 0.4) is 0 Å². The Morgan fingerprint density at radius 3 is 2.54 bits per heavy atom. The number of carbonyl (C=O) groups excluding carboxylic acids is 1. The zero-order valence-corrected chi connectivity index (χ0v) is 18.1. The average Bonchev–Trinajstić information content (AvgIpc) is 2.84. The number of rotatable bonds is 5. The maximum atomic E-state index is 13.2. The fraction of sp³-hybridized carbons (Fsp3) is 0.120. The van der Waals surface area contributed by atoms with E-state index in [0.29, 0.717) is 16.9 Å². The number of pyridine rings is 1. The number of ether oxygens (including phenoxy) is 1. The van der Waals surface area contributed by atoms with Crippen molar-refractivity contribution < 1.29 is 22.7 Å². The first-order valence-electron chi connectivity index (χ1n) is 10.6. The van der Waals surface area contributed by atoms with Crippen LogP contribution in [0.25, 0.3) is 11.3 Å². The number of hydrogen-bond donors (Lipinski definition) is 0. The summed E-state index contributed by atoms with van der Waals surface area (Å²) in [6.07, 6.45) is -1.71. The third kappa shape index (κ3) is 4.63. The summed E-state index contributed by atoms with van der Waals surface area (Å²) in [5.74, 6) is -0.694. The van der Waals surface area contributed by atoms with Gasteiger partial charge in [0.1, 0.15) is 5.75 Å². The Kier molecular flexibility index (Phi) is 5.56. The van der Waals surface area contributed by atoms with Gasteiger partial charge in [0, 0.05) is 35.3 Å². The van der Waals surface area contributed by atoms with Crippen LogP contribution < -0.4 is 15.2 Å². The summed E-state index contributed by atoms with van der Waals surface area (Å²) in [6, 6.07) is 17.0. The van der Waals surface area contributed by atoms with Gasteiger partial charge in [-0.25, -0.2) is 4.98 Å². The second-order valence-corrected chi connectivity index (χ2v) is 7.82. The molecule has 0 spiro atoms. The Labute approximate surface area is 197 Å². The third-order valence-electron chi connectivity index (χ3n) is 5.51. The van der Waals surface area contributed by atoms with Crippen LogP contribution in [0, 0.1) is 0 Å². The van der Waals surface area contributed by atoms with Gasteiger partial charge in [-0.05, 0) is 35.9 Å². The normalized spacial score (nSPS) is 12.6. The van der Waals surface area contributed by atoms with Crippen LogP contribution in [0.4, 0.5) is 24.8 Å². The standard InChI is InChI=1S/C25H17F3N4O3/c26-25(27,28)35-19-6-3-5-17(12-19)22(33)15-31-21-7-2-1-4-18(21)14-32-23(34)13-20(30-24(31)32)16-8-10-29-11-9-16/h1-13H,14-15H2. The fourth-order valence-electron chi connectivity index (χ4n) is 3.96. The van der Waals surface area contributed by atoms with E-state index in [0.717, 1.165) is 17.7 Å². The molecule has 176 valence electrons. The van der Waals surface area contributed by atoms with Crippen LogP contribution in [0.1, 0.15) is 15.9 Å². The number of Topliss-reactive ketones (excluding diaryl/α,β-unsaturated/α-hetero) is 1. The highest BCUT2D eigenvalue weighted by molar-refractivity contribution is 6.00. The van der Waals surface area contributed by atoms with Crippen molar-refractivity contribution in [1.82, 2.24) is 14.5 Å². The number of fused-ring (bicyclic) bond motifs is 2. The molecule has 0 N–H and O–H groups in total. The summed E-state index contributed by atoms with van der Waals surface area (Å²) < 4.78 is 43.3. The number of nitrogens with zero attached hydrogens (tertiary/aromatic N) is 4. The Bertz CT molecular complexity index is 1470. The van der Waals surface area contributed by atoms with Crippen LogP contribution >= 0.6 is 0 Å². The first-order valence-corrected chi connectivity index (χ1v) is 10.6. The summed E-state index contributed by atoms with van der Waals surface area (Å²) >= 11 is 0. The number of alkyl halides is 3. The van der Waals surface area contributed by atoms with Crippen molar-refractivity contribution in [3.63, 3.8) is 0 Å². The lowest BCUT2D eigenvalue weighted by atomic mass is 10.1. The van der Waals surface area contributed by atoms with Crippen LogP contribution in [0.2, 0.25) is 0 Å². The Balaban J connectivity index is 1.55. The zero-order chi connectivity index (χ0) is 24.6. The Morgan fingerprint density at radius 2 is 1.77 bits per heavy atom. The SMILES string of the molecule is O=C(CN1c2ccccc2Cn2c1nc(-c1ccncc1)cc2=O)c1cccc(OC(F)(F)F)c1. The molecule has 0 atom stereocenters. The minimum atomic E-state index is -4.87. The molecule has 1 aliphatic heterocycles. The summed E-state index contributed by atoms with van der Waals surface area (Å²) in [5.41, 5.74) is 2.33. The van der Waals surface area contributed by atoms with Gasteiger partial charge in [-0.3, -0.25) is 19.1 Å². The van der Waals surface area contributed by atoms with Gasteiger partial charge in [-0.1, -0.05) is 30.3 Å². The number of aromatic nitrogens is 3. The van der Waals surface area contributed by atoms with E-state index in [1.807, 2.05) is 12.1 Å². The molecule has 5 rings (SSSR count). The summed E-state index contributed by atoms with van der Waals surface area (Å²) in [4.78, 5) is 36.5. The van der Waals surface area contributed by atoms with Gasteiger partial charge in [-0.15, -0.1) is 13.2 Å². The number of halogens is 3. The van der Waals surface area contributed by atoms with Crippen LogP contribution in [-0.4, -0.2) is 33.2 Å². The predicted octanol–water partition coefficient (Wildman–Crippen LogP) is 4.59. The van der Waals surface area contributed by atoms with E-state index in [4.69, 9.17) is 0 Å². The largest absolute Gasteiger partial charge is 0.573 e. The maximum absolute atomic E-state index is 13.2. The van der Waals surface area contributed by atoms with Crippen molar-refractivity contribution in [2.45, 2.75) is 12.9 Å². The Hall–Kier alpha value is -4.47. The van der Waals surface area contributed by atoms with E-state index in [2.05, 4.69) is 14.7 Å². The lowest BCUT2D eigenvalue weighted by Crippen LogP contribution is -2.37. The van der Waals surface area contributed by atoms with E-state index in [9.17, 15) is 22.8 Å². The van der Waals surface area contributed by atoms with Crippen LogP contribution in [-0.2, 0) is 6.54 Å². The first-order chi connectivity index (χ1) is 16.8. The van der Waals surface area contributed by atoms with Crippen LogP contribution in [0.15, 0.2) is 83.9 Å². The summed E-state index contributed by atoms with van der Waals surface area (Å²) in [6.45, 7) is 0.0201. The van der Waals surface area contributed by atoms with Crippen LogP contribution in [0.5, 0.6) is 5.75 Å². The number of para-hydroxylation sites is 1. The lowest BCUT2D eigenvalue weighted by molar-refractivity contribution is -0.274. The van der Waals surface area contributed by atoms with Crippen molar-refractivity contribution >= 4 is 17.4 Å². The van der Waals surface area contributed by atoms with Gasteiger partial charge in [0.15, 0.2) is 5.78 Å². The van der Waals surface area contributed by atoms with Gasteiger partial charge in [0.2, 0.25) is 5.95 Å². The van der Waals surface area contributed by atoms with Gasteiger partial charge >= 0.3 is 6.36 Å². The molecule has 7 nitrogen and oxygen atoms in total. The number of carbonyl (C=O) groups is 1. The molecule has 0 saturated carbocycles. The molecule has 0 radical (unpaired) electrons. The molecule has 1 aliphatic rings. The molecule has 2 aromatic carbocycles. The highest BCUT2D eigenvalue weighted by Crippen LogP contribution is 2.34. The molecule has 0 bridgehead atoms. The topological polar surface area (TPSA) is 77.3 Å². The number of benzene rings is 2. The molecular formula is C25H17F3N4O3. The van der Waals surface area contributed by atoms with E-state index >= 15 is 0 Å². The first kappa shape index (κ1) is 22.3. The second-order valence-electron chi connectivity index (χ2n) is 7.82. The lowest BCUT2D eigenvalue weighted by Gasteiger charge is -2.32. The molecule has 0 unspecified atom stereocenters. The molecule has 0 amide bonds.